The third-order valence-electron chi connectivity index (χ3n) is 4.34. The van der Waals surface area contributed by atoms with E-state index in [4.69, 9.17) is 9.47 Å². The maximum atomic E-state index is 11.1. The third kappa shape index (κ3) is 3.91. The van der Waals surface area contributed by atoms with Gasteiger partial charge in [-0.3, -0.25) is 4.79 Å². The molecule has 0 saturated heterocycles. The molecule has 1 amide bonds. The van der Waals surface area contributed by atoms with Crippen molar-refractivity contribution in [3.63, 3.8) is 0 Å². The lowest BCUT2D eigenvalue weighted by Gasteiger charge is -2.32. The van der Waals surface area contributed by atoms with Crippen LogP contribution in [0.5, 0.6) is 11.5 Å². The summed E-state index contributed by atoms with van der Waals surface area (Å²) >= 11 is 0. The van der Waals surface area contributed by atoms with Crippen molar-refractivity contribution in [2.75, 3.05) is 13.2 Å². The van der Waals surface area contributed by atoms with Crippen molar-refractivity contribution in [1.29, 1.82) is 0 Å². The minimum Gasteiger partial charge on any atom is -0.486 e. The van der Waals surface area contributed by atoms with Crippen molar-refractivity contribution in [2.24, 2.45) is 0 Å². The van der Waals surface area contributed by atoms with Gasteiger partial charge in [-0.1, -0.05) is 12.1 Å². The van der Waals surface area contributed by atoms with Gasteiger partial charge in [0.1, 0.15) is 12.7 Å². The molecule has 2 N–H and O–H groups in total. The monoisotopic (exact) mass is 304 g/mol. The van der Waals surface area contributed by atoms with Crippen LogP contribution in [0.1, 0.15) is 32.6 Å². The first kappa shape index (κ1) is 15.2. The molecule has 1 atom stereocenters. The molecule has 1 aromatic carbocycles. The number of amides is 1. The highest BCUT2D eigenvalue weighted by Crippen LogP contribution is 2.30. The lowest BCUT2D eigenvalue weighted by Crippen LogP contribution is -2.46. The molecule has 0 radical (unpaired) electrons. The number of para-hydroxylation sites is 2. The van der Waals surface area contributed by atoms with Gasteiger partial charge in [0, 0.05) is 25.6 Å². The first-order chi connectivity index (χ1) is 10.7. The normalized spacial score (nSPS) is 27.2. The molecule has 1 saturated carbocycles. The van der Waals surface area contributed by atoms with Crippen molar-refractivity contribution < 1.29 is 14.3 Å². The predicted octanol–water partition coefficient (Wildman–Crippen LogP) is 1.86. The molecule has 22 heavy (non-hydrogen) atoms. The highest BCUT2D eigenvalue weighted by molar-refractivity contribution is 5.73. The summed E-state index contributed by atoms with van der Waals surface area (Å²) in [6.45, 7) is 2.97. The van der Waals surface area contributed by atoms with E-state index in [-0.39, 0.29) is 12.0 Å². The number of carbonyl (C=O) groups excluding carboxylic acids is 1. The van der Waals surface area contributed by atoms with Crippen molar-refractivity contribution in [1.82, 2.24) is 10.6 Å². The quantitative estimate of drug-likeness (QED) is 0.891. The zero-order chi connectivity index (χ0) is 15.4. The molecular weight excluding hydrogens is 280 g/mol. The highest BCUT2D eigenvalue weighted by atomic mass is 16.6. The molecule has 0 aromatic heterocycles. The molecule has 120 valence electrons. The molecule has 1 aliphatic heterocycles. The zero-order valence-corrected chi connectivity index (χ0v) is 13.0. The Balaban J connectivity index is 1.40. The van der Waals surface area contributed by atoms with Crippen molar-refractivity contribution in [2.45, 2.75) is 50.8 Å². The van der Waals surface area contributed by atoms with Gasteiger partial charge in [-0.2, -0.15) is 0 Å². The molecule has 5 heteroatoms. The summed E-state index contributed by atoms with van der Waals surface area (Å²) in [4.78, 5) is 11.1. The minimum absolute atomic E-state index is 0.0583. The molecule has 1 aromatic rings. The number of benzene rings is 1. The Morgan fingerprint density at radius 3 is 2.55 bits per heavy atom. The van der Waals surface area contributed by atoms with E-state index in [1.54, 1.807) is 6.92 Å². The van der Waals surface area contributed by atoms with Crippen LogP contribution in [0.15, 0.2) is 24.3 Å². The van der Waals surface area contributed by atoms with Crippen LogP contribution in [0.2, 0.25) is 0 Å². The summed E-state index contributed by atoms with van der Waals surface area (Å²) in [7, 11) is 0. The number of ether oxygens (including phenoxy) is 2. The van der Waals surface area contributed by atoms with E-state index < -0.39 is 0 Å². The Kier molecular flexibility index (Phi) is 4.83. The van der Waals surface area contributed by atoms with E-state index >= 15 is 0 Å². The molecule has 1 heterocycles. The fourth-order valence-corrected chi connectivity index (χ4v) is 3.19. The van der Waals surface area contributed by atoms with Gasteiger partial charge in [-0.25, -0.2) is 0 Å². The SMILES string of the molecule is CC(=O)NC1CCC(NC[C@H]2COc3ccccc3O2)CC1. The van der Waals surface area contributed by atoms with E-state index in [0.29, 0.717) is 18.7 Å². The van der Waals surface area contributed by atoms with Crippen LogP contribution in [0.25, 0.3) is 0 Å². The fourth-order valence-electron chi connectivity index (χ4n) is 3.19. The minimum atomic E-state index is 0.0583. The van der Waals surface area contributed by atoms with Crippen LogP contribution >= 0.6 is 0 Å². The number of rotatable bonds is 4. The lowest BCUT2D eigenvalue weighted by molar-refractivity contribution is -0.119. The molecule has 0 unspecified atom stereocenters. The summed E-state index contributed by atoms with van der Waals surface area (Å²) in [6.07, 6.45) is 4.33. The second-order valence-electron chi connectivity index (χ2n) is 6.15. The van der Waals surface area contributed by atoms with E-state index in [0.717, 1.165) is 43.7 Å². The van der Waals surface area contributed by atoms with E-state index in [1.807, 2.05) is 24.3 Å². The number of carbonyl (C=O) groups is 1. The van der Waals surface area contributed by atoms with Gasteiger partial charge in [0.05, 0.1) is 0 Å². The first-order valence-electron chi connectivity index (χ1n) is 8.09. The van der Waals surface area contributed by atoms with Crippen LogP contribution in [0, 0.1) is 0 Å². The maximum Gasteiger partial charge on any atom is 0.217 e. The fraction of sp³-hybridized carbons (Fsp3) is 0.588. The van der Waals surface area contributed by atoms with Gasteiger partial charge in [-0.05, 0) is 37.8 Å². The second kappa shape index (κ2) is 7.01. The van der Waals surface area contributed by atoms with Gasteiger partial charge in [0.2, 0.25) is 5.91 Å². The molecule has 1 aliphatic carbocycles. The summed E-state index contributed by atoms with van der Waals surface area (Å²) in [5.74, 6) is 1.73. The van der Waals surface area contributed by atoms with Gasteiger partial charge in [0.15, 0.2) is 11.5 Å². The van der Waals surface area contributed by atoms with Crippen molar-refractivity contribution >= 4 is 5.91 Å². The molecule has 0 spiro atoms. The molecular formula is C17H24N2O3. The summed E-state index contributed by atoms with van der Waals surface area (Å²) < 4.78 is 11.7. The topological polar surface area (TPSA) is 59.6 Å². The van der Waals surface area contributed by atoms with Crippen LogP contribution < -0.4 is 20.1 Å². The smallest absolute Gasteiger partial charge is 0.217 e. The van der Waals surface area contributed by atoms with E-state index in [2.05, 4.69) is 10.6 Å². The Morgan fingerprint density at radius 2 is 1.82 bits per heavy atom. The lowest BCUT2D eigenvalue weighted by atomic mass is 9.91. The highest BCUT2D eigenvalue weighted by Gasteiger charge is 2.24. The molecule has 1 fully saturated rings. The summed E-state index contributed by atoms with van der Waals surface area (Å²) in [6, 6.07) is 8.64. The number of hydrogen-bond acceptors (Lipinski definition) is 4. The average molecular weight is 304 g/mol. The molecule has 2 aliphatic rings. The standard InChI is InChI=1S/C17H24N2O3/c1-12(20)19-14-8-6-13(7-9-14)18-10-15-11-21-16-4-2-3-5-17(16)22-15/h2-5,13-15,18H,6-11H2,1H3,(H,19,20)/t13?,14?,15-/m0/s1. The van der Waals surface area contributed by atoms with Crippen molar-refractivity contribution in [3.8, 4) is 11.5 Å². The Morgan fingerprint density at radius 1 is 1.14 bits per heavy atom. The van der Waals surface area contributed by atoms with Crippen LogP contribution in [0.4, 0.5) is 0 Å². The van der Waals surface area contributed by atoms with Gasteiger partial charge in [-0.15, -0.1) is 0 Å². The van der Waals surface area contributed by atoms with E-state index in [9.17, 15) is 4.79 Å². The molecule has 3 rings (SSSR count). The van der Waals surface area contributed by atoms with Crippen LogP contribution in [-0.2, 0) is 4.79 Å². The van der Waals surface area contributed by atoms with Gasteiger partial charge >= 0.3 is 0 Å². The summed E-state index contributed by atoms with van der Waals surface area (Å²) in [5.41, 5.74) is 0. The average Bonchev–Trinajstić information content (AvgIpc) is 2.53. The third-order valence-corrected chi connectivity index (χ3v) is 4.34. The molecule has 5 nitrogen and oxygen atoms in total. The largest absolute Gasteiger partial charge is 0.486 e. The van der Waals surface area contributed by atoms with Crippen LogP contribution in [0.3, 0.4) is 0 Å². The Bertz CT molecular complexity index is 512. The predicted molar refractivity (Wildman–Crippen MR) is 84.2 cm³/mol. The van der Waals surface area contributed by atoms with E-state index in [1.165, 1.54) is 0 Å². The van der Waals surface area contributed by atoms with Crippen LogP contribution in [-0.4, -0.2) is 37.2 Å². The molecule has 0 bridgehead atoms. The second-order valence-corrected chi connectivity index (χ2v) is 6.15. The maximum absolute atomic E-state index is 11.1. The number of fused-ring (bicyclic) bond motifs is 1. The Labute approximate surface area is 131 Å². The zero-order valence-electron chi connectivity index (χ0n) is 13.0. The van der Waals surface area contributed by atoms with Gasteiger partial charge < -0.3 is 20.1 Å². The Hall–Kier alpha value is -1.75. The first-order valence-corrected chi connectivity index (χ1v) is 8.09. The van der Waals surface area contributed by atoms with Crippen molar-refractivity contribution in [3.05, 3.63) is 24.3 Å². The number of hydrogen-bond donors (Lipinski definition) is 2. The summed E-state index contributed by atoms with van der Waals surface area (Å²) in [5, 5.41) is 6.59. The number of nitrogens with one attached hydrogen (secondary N) is 2. The van der Waals surface area contributed by atoms with Gasteiger partial charge in [0.25, 0.3) is 0 Å².